The molecule has 100 valence electrons. The molecule has 0 radical (unpaired) electrons. The fourth-order valence-corrected chi connectivity index (χ4v) is 3.30. The number of benzene rings is 1. The van der Waals surface area contributed by atoms with Gasteiger partial charge in [0.1, 0.15) is 0 Å². The molecule has 0 bridgehead atoms. The zero-order valence-electron chi connectivity index (χ0n) is 10.6. The van der Waals surface area contributed by atoms with Crippen LogP contribution in [-0.4, -0.2) is 26.0 Å². The second-order valence-corrected chi connectivity index (χ2v) is 6.29. The van der Waals surface area contributed by atoms with Gasteiger partial charge >= 0.3 is 0 Å². The third kappa shape index (κ3) is 2.91. The molecule has 1 aliphatic heterocycles. The first kappa shape index (κ1) is 13.5. The lowest BCUT2D eigenvalue weighted by Crippen LogP contribution is -2.35. The van der Waals surface area contributed by atoms with Crippen molar-refractivity contribution < 1.29 is 13.3 Å². The van der Waals surface area contributed by atoms with Crippen LogP contribution in [0.3, 0.4) is 0 Å². The Bertz CT molecular complexity index is 475. The molecule has 0 saturated carbocycles. The quantitative estimate of drug-likeness (QED) is 0.843. The first-order valence-electron chi connectivity index (χ1n) is 6.39. The summed E-state index contributed by atoms with van der Waals surface area (Å²) in [5.74, 6) is 0. The summed E-state index contributed by atoms with van der Waals surface area (Å²) in [6.07, 6.45) is 3.80. The molecule has 0 unspecified atom stereocenters. The summed E-state index contributed by atoms with van der Waals surface area (Å²) in [6.45, 7) is 3.03. The molecule has 2 rings (SSSR count). The van der Waals surface area contributed by atoms with Crippen LogP contribution < -0.4 is 0 Å². The zero-order chi connectivity index (χ0) is 13.0. The lowest BCUT2D eigenvalue weighted by atomic mass is 10.1. The smallest absolute Gasteiger partial charge is 0.265 e. The van der Waals surface area contributed by atoms with E-state index < -0.39 is 10.0 Å². The molecule has 0 aliphatic carbocycles. The van der Waals surface area contributed by atoms with Gasteiger partial charge in [-0.2, -0.15) is 0 Å². The Morgan fingerprint density at radius 3 is 2.50 bits per heavy atom. The second kappa shape index (κ2) is 5.82. The lowest BCUT2D eigenvalue weighted by Gasteiger charge is -2.25. The minimum absolute atomic E-state index is 0.309. The van der Waals surface area contributed by atoms with E-state index in [1.807, 2.05) is 12.1 Å². The normalized spacial score (nSPS) is 17.8. The number of nitrogens with zero attached hydrogens (tertiary/aromatic N) is 1. The Kier molecular flexibility index (Phi) is 4.37. The number of hydrogen-bond acceptors (Lipinski definition) is 3. The molecule has 1 aliphatic rings. The zero-order valence-corrected chi connectivity index (χ0v) is 11.4. The monoisotopic (exact) mass is 269 g/mol. The predicted octanol–water partition coefficient (Wildman–Crippen LogP) is 2.36. The summed E-state index contributed by atoms with van der Waals surface area (Å²) in [5.41, 5.74) is 1.16. The summed E-state index contributed by atoms with van der Waals surface area (Å²) in [5, 5.41) is 0. The predicted molar refractivity (Wildman–Crippen MR) is 69.5 cm³/mol. The number of aryl methyl sites for hydroxylation is 1. The van der Waals surface area contributed by atoms with Gasteiger partial charge in [-0.25, -0.2) is 8.42 Å². The van der Waals surface area contributed by atoms with E-state index in [1.165, 1.54) is 0 Å². The third-order valence-corrected chi connectivity index (χ3v) is 4.69. The highest BCUT2D eigenvalue weighted by Crippen LogP contribution is 2.20. The molecule has 0 amide bonds. The molecule has 1 aromatic carbocycles. The number of hydrogen-bond donors (Lipinski definition) is 0. The molecule has 1 heterocycles. The standard InChI is InChI=1S/C13H19NO3S/c1-2-5-12-6-8-13(9-7-12)18(15,16)14-10-3-4-11-17-14/h6-9H,2-5,10-11H2,1H3. The van der Waals surface area contributed by atoms with Gasteiger partial charge in [0.25, 0.3) is 10.0 Å². The molecule has 4 nitrogen and oxygen atoms in total. The van der Waals surface area contributed by atoms with Crippen LogP contribution in [0.25, 0.3) is 0 Å². The van der Waals surface area contributed by atoms with Crippen molar-refractivity contribution in [1.82, 2.24) is 4.47 Å². The van der Waals surface area contributed by atoms with Crippen LogP contribution in [0, 0.1) is 0 Å². The van der Waals surface area contributed by atoms with Crippen molar-refractivity contribution in [2.75, 3.05) is 13.2 Å². The summed E-state index contributed by atoms with van der Waals surface area (Å²) < 4.78 is 25.6. The molecule has 18 heavy (non-hydrogen) atoms. The van der Waals surface area contributed by atoms with Gasteiger partial charge < -0.3 is 0 Å². The van der Waals surface area contributed by atoms with Gasteiger partial charge in [-0.15, -0.1) is 0 Å². The minimum atomic E-state index is -3.48. The number of hydroxylamine groups is 1. The molecule has 0 aromatic heterocycles. The average Bonchev–Trinajstić information content (AvgIpc) is 2.41. The van der Waals surface area contributed by atoms with E-state index in [9.17, 15) is 8.42 Å². The molecular formula is C13H19NO3S. The molecule has 1 saturated heterocycles. The van der Waals surface area contributed by atoms with Crippen LogP contribution in [0.2, 0.25) is 0 Å². The highest BCUT2D eigenvalue weighted by atomic mass is 32.2. The summed E-state index contributed by atoms with van der Waals surface area (Å²) >= 11 is 0. The molecule has 5 heteroatoms. The van der Waals surface area contributed by atoms with Gasteiger partial charge in [0.2, 0.25) is 0 Å². The highest BCUT2D eigenvalue weighted by Gasteiger charge is 2.27. The fourth-order valence-electron chi connectivity index (χ4n) is 2.00. The largest absolute Gasteiger partial charge is 0.284 e. The van der Waals surface area contributed by atoms with E-state index in [0.717, 1.165) is 35.7 Å². The van der Waals surface area contributed by atoms with Crippen molar-refractivity contribution in [3.05, 3.63) is 29.8 Å². The van der Waals surface area contributed by atoms with E-state index in [1.54, 1.807) is 12.1 Å². The molecule has 1 fully saturated rings. The second-order valence-electron chi connectivity index (χ2n) is 4.47. The Morgan fingerprint density at radius 2 is 1.94 bits per heavy atom. The Hall–Kier alpha value is -0.910. The molecular weight excluding hydrogens is 250 g/mol. The van der Waals surface area contributed by atoms with Crippen LogP contribution in [0.5, 0.6) is 0 Å². The van der Waals surface area contributed by atoms with Gasteiger partial charge in [-0.3, -0.25) is 4.84 Å². The highest BCUT2D eigenvalue weighted by molar-refractivity contribution is 7.89. The van der Waals surface area contributed by atoms with E-state index in [-0.39, 0.29) is 0 Å². The summed E-state index contributed by atoms with van der Waals surface area (Å²) in [4.78, 5) is 5.53. The molecule has 0 atom stereocenters. The van der Waals surface area contributed by atoms with Crippen molar-refractivity contribution >= 4 is 10.0 Å². The fraction of sp³-hybridized carbons (Fsp3) is 0.538. The molecule has 0 N–H and O–H groups in total. The van der Waals surface area contributed by atoms with E-state index >= 15 is 0 Å². The van der Waals surface area contributed by atoms with Gasteiger partial charge in [0.05, 0.1) is 11.5 Å². The van der Waals surface area contributed by atoms with Gasteiger partial charge in [0, 0.05) is 6.54 Å². The van der Waals surface area contributed by atoms with Crippen LogP contribution in [0.1, 0.15) is 31.7 Å². The van der Waals surface area contributed by atoms with Crippen molar-refractivity contribution in [2.45, 2.75) is 37.5 Å². The minimum Gasteiger partial charge on any atom is -0.284 e. The van der Waals surface area contributed by atoms with Crippen LogP contribution in [-0.2, 0) is 21.3 Å². The lowest BCUT2D eigenvalue weighted by molar-refractivity contribution is -0.108. The maximum Gasteiger partial charge on any atom is 0.265 e. The van der Waals surface area contributed by atoms with Gasteiger partial charge in [-0.05, 0) is 37.0 Å². The number of sulfonamides is 1. The average molecular weight is 269 g/mol. The van der Waals surface area contributed by atoms with Crippen molar-refractivity contribution in [1.29, 1.82) is 0 Å². The van der Waals surface area contributed by atoms with Crippen molar-refractivity contribution in [3.63, 3.8) is 0 Å². The first-order valence-corrected chi connectivity index (χ1v) is 7.83. The van der Waals surface area contributed by atoms with Gasteiger partial charge in [0.15, 0.2) is 0 Å². The Balaban J connectivity index is 2.18. The van der Waals surface area contributed by atoms with E-state index in [2.05, 4.69) is 6.92 Å². The summed E-state index contributed by atoms with van der Waals surface area (Å²) in [6, 6.07) is 7.08. The van der Waals surface area contributed by atoms with Gasteiger partial charge in [-0.1, -0.05) is 29.9 Å². The van der Waals surface area contributed by atoms with Crippen LogP contribution in [0.15, 0.2) is 29.2 Å². The molecule has 0 spiro atoms. The topological polar surface area (TPSA) is 46.6 Å². The third-order valence-electron chi connectivity index (χ3n) is 3.00. The number of rotatable bonds is 4. The Labute approximate surface area is 109 Å². The SMILES string of the molecule is CCCc1ccc(S(=O)(=O)N2CCCCO2)cc1. The van der Waals surface area contributed by atoms with Crippen LogP contribution in [0.4, 0.5) is 0 Å². The van der Waals surface area contributed by atoms with E-state index in [0.29, 0.717) is 18.0 Å². The van der Waals surface area contributed by atoms with Crippen molar-refractivity contribution in [2.24, 2.45) is 0 Å². The first-order chi connectivity index (χ1) is 8.64. The van der Waals surface area contributed by atoms with Crippen molar-refractivity contribution in [3.8, 4) is 0 Å². The van der Waals surface area contributed by atoms with Crippen LogP contribution >= 0.6 is 0 Å². The maximum atomic E-state index is 12.3. The van der Waals surface area contributed by atoms with E-state index in [4.69, 9.17) is 4.84 Å². The maximum absolute atomic E-state index is 12.3. The Morgan fingerprint density at radius 1 is 1.22 bits per heavy atom. The molecule has 1 aromatic rings. The summed E-state index contributed by atoms with van der Waals surface area (Å²) in [7, 11) is -3.48.